The molecule has 118 valence electrons. The van der Waals surface area contributed by atoms with Crippen LogP contribution in [0.2, 0.25) is 0 Å². The lowest BCUT2D eigenvalue weighted by Gasteiger charge is -2.38. The van der Waals surface area contributed by atoms with Crippen molar-refractivity contribution in [3.05, 3.63) is 35.4 Å². The van der Waals surface area contributed by atoms with Crippen molar-refractivity contribution in [2.24, 2.45) is 5.41 Å². The average molecular weight is 299 g/mol. The first kappa shape index (κ1) is 16.3. The molecule has 0 bridgehead atoms. The van der Waals surface area contributed by atoms with Crippen LogP contribution in [0.5, 0.6) is 0 Å². The molecule has 0 radical (unpaired) electrons. The quantitative estimate of drug-likeness (QED) is 0.785. The van der Waals surface area contributed by atoms with Crippen molar-refractivity contribution >= 4 is 0 Å². The molecular weight excluding hydrogens is 276 g/mol. The zero-order valence-electron chi connectivity index (χ0n) is 12.5. The van der Waals surface area contributed by atoms with Crippen LogP contribution in [0.15, 0.2) is 18.2 Å². The van der Waals surface area contributed by atoms with Crippen molar-refractivity contribution in [3.8, 4) is 0 Å². The maximum absolute atomic E-state index is 13.9. The third-order valence-electron chi connectivity index (χ3n) is 4.11. The van der Waals surface area contributed by atoms with Gasteiger partial charge in [-0.15, -0.1) is 0 Å². The van der Waals surface area contributed by atoms with E-state index in [-0.39, 0.29) is 17.0 Å². The first-order valence-corrected chi connectivity index (χ1v) is 7.37. The van der Waals surface area contributed by atoms with Crippen LogP contribution >= 0.6 is 0 Å². The molecule has 1 aliphatic heterocycles. The lowest BCUT2D eigenvalue weighted by Crippen LogP contribution is -2.41. The molecule has 0 atom stereocenters. The Morgan fingerprint density at radius 1 is 1.29 bits per heavy atom. The predicted octanol–water partition coefficient (Wildman–Crippen LogP) is 2.54. The Balaban J connectivity index is 2.06. The molecule has 5 heteroatoms. The summed E-state index contributed by atoms with van der Waals surface area (Å²) in [6.45, 7) is 3.49. The van der Waals surface area contributed by atoms with Crippen LogP contribution in [0.3, 0.4) is 0 Å². The molecule has 0 spiro atoms. The van der Waals surface area contributed by atoms with Gasteiger partial charge in [-0.05, 0) is 48.4 Å². The Morgan fingerprint density at radius 3 is 2.76 bits per heavy atom. The van der Waals surface area contributed by atoms with Gasteiger partial charge in [0, 0.05) is 33.4 Å². The van der Waals surface area contributed by atoms with Crippen LogP contribution in [0, 0.1) is 17.0 Å². The first-order valence-electron chi connectivity index (χ1n) is 7.37. The maximum Gasteiger partial charge on any atom is 0.126 e. The van der Waals surface area contributed by atoms with E-state index < -0.39 is 0 Å². The molecule has 1 aliphatic rings. The van der Waals surface area contributed by atoms with Gasteiger partial charge in [0.15, 0.2) is 0 Å². The second-order valence-corrected chi connectivity index (χ2v) is 5.69. The number of ether oxygens (including phenoxy) is 2. The summed E-state index contributed by atoms with van der Waals surface area (Å²) in [6, 6.07) is 3.67. The second kappa shape index (κ2) is 7.82. The summed E-state index contributed by atoms with van der Waals surface area (Å²) in [5, 5.41) is 3.35. The fourth-order valence-electron chi connectivity index (χ4n) is 2.83. The summed E-state index contributed by atoms with van der Waals surface area (Å²) in [7, 11) is 1.66. The summed E-state index contributed by atoms with van der Waals surface area (Å²) in [4.78, 5) is 0. The van der Waals surface area contributed by atoms with Gasteiger partial charge in [0.1, 0.15) is 11.6 Å². The molecule has 0 aliphatic carbocycles. The van der Waals surface area contributed by atoms with Crippen molar-refractivity contribution in [1.29, 1.82) is 0 Å². The monoisotopic (exact) mass is 299 g/mol. The van der Waals surface area contributed by atoms with E-state index in [1.165, 1.54) is 12.1 Å². The Labute approximate surface area is 124 Å². The van der Waals surface area contributed by atoms with Crippen molar-refractivity contribution in [1.82, 2.24) is 5.32 Å². The summed E-state index contributed by atoms with van der Waals surface area (Å²) in [5.74, 6) is -0.722. The zero-order valence-corrected chi connectivity index (χ0v) is 12.5. The number of rotatable bonds is 7. The number of benzene rings is 1. The summed E-state index contributed by atoms with van der Waals surface area (Å²) in [5.41, 5.74) is 0.367. The van der Waals surface area contributed by atoms with Gasteiger partial charge in [-0.1, -0.05) is 0 Å². The predicted molar refractivity (Wildman–Crippen MR) is 77.3 cm³/mol. The SMILES string of the molecule is COCCNCC1(Cc2cc(F)ccc2F)CCOCC1. The first-order chi connectivity index (χ1) is 10.2. The van der Waals surface area contributed by atoms with Crippen molar-refractivity contribution in [2.75, 3.05) is 40.0 Å². The Kier molecular flexibility index (Phi) is 6.08. The van der Waals surface area contributed by atoms with Crippen molar-refractivity contribution in [2.45, 2.75) is 19.3 Å². The smallest absolute Gasteiger partial charge is 0.126 e. The van der Waals surface area contributed by atoms with E-state index in [0.717, 1.165) is 32.0 Å². The second-order valence-electron chi connectivity index (χ2n) is 5.69. The molecule has 0 amide bonds. The highest BCUT2D eigenvalue weighted by molar-refractivity contribution is 5.20. The zero-order chi connectivity index (χ0) is 15.1. The van der Waals surface area contributed by atoms with Gasteiger partial charge in [-0.2, -0.15) is 0 Å². The summed E-state index contributed by atoms with van der Waals surface area (Å²) in [6.07, 6.45) is 2.23. The molecule has 21 heavy (non-hydrogen) atoms. The molecule has 3 nitrogen and oxygen atoms in total. The van der Waals surface area contributed by atoms with Gasteiger partial charge in [-0.3, -0.25) is 0 Å². The maximum atomic E-state index is 13.9. The lowest BCUT2D eigenvalue weighted by atomic mass is 9.75. The Morgan fingerprint density at radius 2 is 2.05 bits per heavy atom. The van der Waals surface area contributed by atoms with E-state index in [1.807, 2.05) is 0 Å². The van der Waals surface area contributed by atoms with Gasteiger partial charge >= 0.3 is 0 Å². The highest BCUT2D eigenvalue weighted by Crippen LogP contribution is 2.34. The highest BCUT2D eigenvalue weighted by Gasteiger charge is 2.33. The minimum absolute atomic E-state index is 0.0827. The molecule has 2 rings (SSSR count). The molecule has 1 heterocycles. The van der Waals surface area contributed by atoms with Crippen molar-refractivity contribution < 1.29 is 18.3 Å². The van der Waals surface area contributed by atoms with E-state index in [9.17, 15) is 8.78 Å². The summed E-state index contributed by atoms with van der Waals surface area (Å²) >= 11 is 0. The fourth-order valence-corrected chi connectivity index (χ4v) is 2.83. The molecule has 0 aromatic heterocycles. The van der Waals surface area contributed by atoms with E-state index in [1.54, 1.807) is 7.11 Å². The third kappa shape index (κ3) is 4.73. The molecule has 0 saturated carbocycles. The van der Waals surface area contributed by atoms with Crippen LogP contribution in [-0.2, 0) is 15.9 Å². The number of methoxy groups -OCH3 is 1. The lowest BCUT2D eigenvalue weighted by molar-refractivity contribution is 0.0139. The summed E-state index contributed by atoms with van der Waals surface area (Å²) < 4.78 is 37.7. The molecule has 1 fully saturated rings. The number of hydrogen-bond acceptors (Lipinski definition) is 3. The fraction of sp³-hybridized carbons (Fsp3) is 0.625. The Hall–Kier alpha value is -1.04. The van der Waals surface area contributed by atoms with Crippen LogP contribution in [0.1, 0.15) is 18.4 Å². The standard InChI is InChI=1S/C16H23F2NO2/c1-20-9-6-19-12-16(4-7-21-8-5-16)11-13-10-14(17)2-3-15(13)18/h2-3,10,19H,4-9,11-12H2,1H3. The molecule has 0 unspecified atom stereocenters. The van der Waals surface area contributed by atoms with E-state index >= 15 is 0 Å². The van der Waals surface area contributed by atoms with Gasteiger partial charge < -0.3 is 14.8 Å². The molecule has 1 aromatic rings. The average Bonchev–Trinajstić information content (AvgIpc) is 2.49. The van der Waals surface area contributed by atoms with Gasteiger partial charge in [0.25, 0.3) is 0 Å². The molecule has 1 N–H and O–H groups in total. The van der Waals surface area contributed by atoms with E-state index in [0.29, 0.717) is 31.8 Å². The highest BCUT2D eigenvalue weighted by atomic mass is 19.1. The number of nitrogens with one attached hydrogen (secondary N) is 1. The van der Waals surface area contributed by atoms with Crippen LogP contribution < -0.4 is 5.32 Å². The Bertz CT molecular complexity index is 448. The van der Waals surface area contributed by atoms with Gasteiger partial charge in [0.2, 0.25) is 0 Å². The minimum Gasteiger partial charge on any atom is -0.383 e. The number of hydrogen-bond donors (Lipinski definition) is 1. The topological polar surface area (TPSA) is 30.5 Å². The van der Waals surface area contributed by atoms with E-state index in [4.69, 9.17) is 9.47 Å². The van der Waals surface area contributed by atoms with Gasteiger partial charge in [0.05, 0.1) is 6.61 Å². The minimum atomic E-state index is -0.388. The third-order valence-corrected chi connectivity index (χ3v) is 4.11. The normalized spacial score (nSPS) is 17.9. The van der Waals surface area contributed by atoms with Crippen LogP contribution in [0.4, 0.5) is 8.78 Å². The molecular formula is C16H23F2NO2. The van der Waals surface area contributed by atoms with Crippen molar-refractivity contribution in [3.63, 3.8) is 0 Å². The van der Waals surface area contributed by atoms with Crippen LogP contribution in [-0.4, -0.2) is 40.0 Å². The van der Waals surface area contributed by atoms with Crippen LogP contribution in [0.25, 0.3) is 0 Å². The number of halogens is 2. The van der Waals surface area contributed by atoms with Gasteiger partial charge in [-0.25, -0.2) is 8.78 Å². The van der Waals surface area contributed by atoms with E-state index in [2.05, 4.69) is 5.32 Å². The molecule has 1 aromatic carbocycles. The molecule has 1 saturated heterocycles. The largest absolute Gasteiger partial charge is 0.383 e.